The first kappa shape index (κ1) is 18.9. The second-order valence-corrected chi connectivity index (χ2v) is 5.46. The average Bonchev–Trinajstić information content (AvgIpc) is 2.35. The molecule has 0 aliphatic heterocycles. The number of Topliss-reactive ketones (excluding diaryl/α,β-unsaturated/α-hetero) is 1. The van der Waals surface area contributed by atoms with Gasteiger partial charge in [0.15, 0.2) is 5.78 Å². The van der Waals surface area contributed by atoms with Crippen LogP contribution < -0.4 is 0 Å². The number of halogens is 6. The van der Waals surface area contributed by atoms with Crippen molar-refractivity contribution in [2.24, 2.45) is 0 Å². The normalized spacial score (nSPS) is 13.0. The Morgan fingerprint density at radius 1 is 1.00 bits per heavy atom. The highest BCUT2D eigenvalue weighted by molar-refractivity contribution is 5.97. The molecule has 4 nitrogen and oxygen atoms in total. The van der Waals surface area contributed by atoms with Crippen LogP contribution >= 0.6 is 0 Å². The van der Waals surface area contributed by atoms with Crippen LogP contribution in [-0.2, 0) is 12.4 Å². The molecule has 0 spiro atoms. The minimum atomic E-state index is -5.09. The zero-order valence-corrected chi connectivity index (χ0v) is 11.9. The second-order valence-electron chi connectivity index (χ2n) is 5.46. The number of nitro groups is 1. The van der Waals surface area contributed by atoms with Crippen LogP contribution in [0, 0.1) is 10.1 Å². The van der Waals surface area contributed by atoms with E-state index >= 15 is 0 Å². The summed E-state index contributed by atoms with van der Waals surface area (Å²) < 4.78 is 76.1. The fraction of sp³-hybridized carbons (Fsp3) is 0.462. The van der Waals surface area contributed by atoms with Crippen molar-refractivity contribution in [2.75, 3.05) is 0 Å². The van der Waals surface area contributed by atoms with Crippen molar-refractivity contribution in [1.29, 1.82) is 0 Å². The Morgan fingerprint density at radius 2 is 1.39 bits per heavy atom. The maximum Gasteiger partial charge on any atom is 0.416 e. The third-order valence-electron chi connectivity index (χ3n) is 3.00. The van der Waals surface area contributed by atoms with Crippen LogP contribution in [0.1, 0.15) is 41.8 Å². The Labute approximate surface area is 126 Å². The van der Waals surface area contributed by atoms with Gasteiger partial charge in [0.05, 0.1) is 17.5 Å². The van der Waals surface area contributed by atoms with Gasteiger partial charge in [0.25, 0.3) is 0 Å². The summed E-state index contributed by atoms with van der Waals surface area (Å²) in [4.78, 5) is 21.8. The lowest BCUT2D eigenvalue weighted by atomic mass is 9.93. The Bertz CT molecular complexity index is 601. The standard InChI is InChI=1S/C13H11F6NO3/c1-11(2,20(22)23)6-10(21)7-3-8(12(14,15)16)5-9(4-7)13(17,18)19/h3-5H,6H2,1-2H3. The summed E-state index contributed by atoms with van der Waals surface area (Å²) in [5, 5.41) is 10.7. The van der Waals surface area contributed by atoms with E-state index in [2.05, 4.69) is 0 Å². The van der Waals surface area contributed by atoms with Gasteiger partial charge in [0.2, 0.25) is 5.54 Å². The molecule has 0 radical (unpaired) electrons. The van der Waals surface area contributed by atoms with Crippen molar-refractivity contribution in [2.45, 2.75) is 38.2 Å². The molecule has 1 aromatic rings. The quantitative estimate of drug-likeness (QED) is 0.353. The van der Waals surface area contributed by atoms with Crippen molar-refractivity contribution in [3.63, 3.8) is 0 Å². The largest absolute Gasteiger partial charge is 0.416 e. The van der Waals surface area contributed by atoms with Gasteiger partial charge in [-0.05, 0) is 18.2 Å². The molecular formula is C13H11F6NO3. The highest BCUT2D eigenvalue weighted by atomic mass is 19.4. The molecule has 0 saturated carbocycles. The molecule has 0 aromatic heterocycles. The van der Waals surface area contributed by atoms with Crippen molar-refractivity contribution in [1.82, 2.24) is 0 Å². The highest BCUT2D eigenvalue weighted by Crippen LogP contribution is 2.36. The van der Waals surface area contributed by atoms with Crippen LogP contribution in [0.2, 0.25) is 0 Å². The van der Waals surface area contributed by atoms with Gasteiger partial charge >= 0.3 is 12.4 Å². The predicted octanol–water partition coefficient (Wildman–Crippen LogP) is 4.35. The number of hydrogen-bond acceptors (Lipinski definition) is 3. The van der Waals surface area contributed by atoms with E-state index in [1.165, 1.54) is 0 Å². The number of alkyl halides is 6. The first-order valence-electron chi connectivity index (χ1n) is 6.12. The van der Waals surface area contributed by atoms with Gasteiger partial charge in [-0.15, -0.1) is 0 Å². The van der Waals surface area contributed by atoms with E-state index in [9.17, 15) is 41.3 Å². The number of benzene rings is 1. The number of rotatable bonds is 4. The monoisotopic (exact) mass is 343 g/mol. The number of nitrogens with zero attached hydrogens (tertiary/aromatic N) is 1. The van der Waals surface area contributed by atoms with E-state index in [0.29, 0.717) is 0 Å². The zero-order chi connectivity index (χ0) is 18.2. The molecular weight excluding hydrogens is 332 g/mol. The third-order valence-corrected chi connectivity index (χ3v) is 3.00. The molecule has 23 heavy (non-hydrogen) atoms. The van der Waals surface area contributed by atoms with Gasteiger partial charge in [-0.3, -0.25) is 14.9 Å². The lowest BCUT2D eigenvalue weighted by Gasteiger charge is -2.16. The average molecular weight is 343 g/mol. The molecule has 0 fully saturated rings. The number of carbonyl (C=O) groups is 1. The molecule has 0 aliphatic carbocycles. The maximum absolute atomic E-state index is 12.7. The molecule has 0 bridgehead atoms. The summed E-state index contributed by atoms with van der Waals surface area (Å²) >= 11 is 0. The van der Waals surface area contributed by atoms with E-state index in [1.807, 2.05) is 0 Å². The van der Waals surface area contributed by atoms with E-state index in [-0.39, 0.29) is 18.2 Å². The second kappa shape index (κ2) is 5.82. The predicted molar refractivity (Wildman–Crippen MR) is 66.5 cm³/mol. The first-order chi connectivity index (χ1) is 10.1. The SMILES string of the molecule is CC(C)(CC(=O)c1cc(C(F)(F)F)cc(C(F)(F)F)c1)[N+](=O)[O-]. The van der Waals surface area contributed by atoms with Crippen LogP contribution in [-0.4, -0.2) is 16.2 Å². The Kier molecular flexibility index (Phi) is 4.79. The fourth-order valence-corrected chi connectivity index (χ4v) is 1.68. The van der Waals surface area contributed by atoms with Crippen molar-refractivity contribution >= 4 is 5.78 Å². The first-order valence-corrected chi connectivity index (χ1v) is 6.12. The molecule has 128 valence electrons. The molecule has 1 rings (SSSR count). The Hall–Kier alpha value is -2.13. The molecule has 1 aromatic carbocycles. The van der Waals surface area contributed by atoms with Crippen molar-refractivity contribution in [3.05, 3.63) is 45.0 Å². The van der Waals surface area contributed by atoms with Crippen LogP contribution in [0.3, 0.4) is 0 Å². The van der Waals surface area contributed by atoms with E-state index in [1.54, 1.807) is 0 Å². The van der Waals surface area contributed by atoms with Crippen LogP contribution in [0.15, 0.2) is 18.2 Å². The van der Waals surface area contributed by atoms with Gasteiger partial charge in [0, 0.05) is 24.3 Å². The maximum atomic E-state index is 12.7. The highest BCUT2D eigenvalue weighted by Gasteiger charge is 2.39. The van der Waals surface area contributed by atoms with Gasteiger partial charge in [-0.1, -0.05) is 0 Å². The summed E-state index contributed by atoms with van der Waals surface area (Å²) in [6.45, 7) is 2.09. The van der Waals surface area contributed by atoms with E-state index in [0.717, 1.165) is 13.8 Å². The Morgan fingerprint density at radius 3 is 1.70 bits per heavy atom. The van der Waals surface area contributed by atoms with Crippen LogP contribution in [0.4, 0.5) is 26.3 Å². The number of ketones is 1. The van der Waals surface area contributed by atoms with Gasteiger partial charge in [-0.2, -0.15) is 26.3 Å². The number of hydrogen-bond donors (Lipinski definition) is 0. The van der Waals surface area contributed by atoms with Gasteiger partial charge < -0.3 is 0 Å². The summed E-state index contributed by atoms with van der Waals surface area (Å²) in [5.41, 5.74) is -5.98. The Balaban J connectivity index is 3.36. The number of carbonyl (C=O) groups excluding carboxylic acids is 1. The third kappa shape index (κ3) is 4.67. The van der Waals surface area contributed by atoms with E-state index < -0.39 is 51.7 Å². The van der Waals surface area contributed by atoms with Gasteiger partial charge in [0.1, 0.15) is 0 Å². The summed E-state index contributed by atoms with van der Waals surface area (Å²) in [5.74, 6) is -1.18. The zero-order valence-electron chi connectivity index (χ0n) is 11.9. The molecule has 0 atom stereocenters. The van der Waals surface area contributed by atoms with Crippen molar-refractivity contribution < 1.29 is 36.1 Å². The molecule has 0 aliphatic rings. The van der Waals surface area contributed by atoms with Crippen LogP contribution in [0.25, 0.3) is 0 Å². The molecule has 0 saturated heterocycles. The topological polar surface area (TPSA) is 60.2 Å². The molecule has 0 amide bonds. The molecule has 10 heteroatoms. The van der Waals surface area contributed by atoms with Crippen molar-refractivity contribution in [3.8, 4) is 0 Å². The minimum absolute atomic E-state index is 0.116. The van der Waals surface area contributed by atoms with E-state index in [4.69, 9.17) is 0 Å². The molecule has 0 N–H and O–H groups in total. The minimum Gasteiger partial charge on any atom is -0.294 e. The van der Waals surface area contributed by atoms with Gasteiger partial charge in [-0.25, -0.2) is 0 Å². The lowest BCUT2D eigenvalue weighted by molar-refractivity contribution is -0.558. The summed E-state index contributed by atoms with van der Waals surface area (Å²) in [6.07, 6.45) is -11.0. The molecule has 0 heterocycles. The smallest absolute Gasteiger partial charge is 0.294 e. The fourth-order valence-electron chi connectivity index (χ4n) is 1.68. The van der Waals surface area contributed by atoms with Crippen LogP contribution in [0.5, 0.6) is 0 Å². The summed E-state index contributed by atoms with van der Waals surface area (Å²) in [7, 11) is 0. The lowest BCUT2D eigenvalue weighted by Crippen LogP contribution is -2.33. The molecule has 0 unspecified atom stereocenters. The summed E-state index contributed by atoms with van der Waals surface area (Å²) in [6, 6.07) is 0.399.